The summed E-state index contributed by atoms with van der Waals surface area (Å²) in [6.45, 7) is 14.5. The molecule has 2 rings (SSSR count). The van der Waals surface area contributed by atoms with Gasteiger partial charge in [0, 0.05) is 18.8 Å². The third-order valence-corrected chi connectivity index (χ3v) is 4.31. The molecule has 0 radical (unpaired) electrons. The van der Waals surface area contributed by atoms with Crippen LogP contribution in [0.2, 0.25) is 0 Å². The quantitative estimate of drug-likeness (QED) is 0.933. The Labute approximate surface area is 133 Å². The second kappa shape index (κ2) is 6.39. The molecule has 0 aromatic heterocycles. The molecule has 1 aliphatic rings. The molecule has 1 N–H and O–H groups in total. The average molecular weight is 304 g/mol. The third-order valence-electron chi connectivity index (χ3n) is 4.31. The van der Waals surface area contributed by atoms with Crippen molar-refractivity contribution in [3.63, 3.8) is 0 Å². The van der Waals surface area contributed by atoms with E-state index < -0.39 is 0 Å². The maximum absolute atomic E-state index is 12.6. The van der Waals surface area contributed by atoms with E-state index in [1.54, 1.807) is 0 Å². The molecule has 0 aliphatic carbocycles. The van der Waals surface area contributed by atoms with Crippen LogP contribution in [0.15, 0.2) is 12.1 Å². The van der Waals surface area contributed by atoms with Gasteiger partial charge >= 0.3 is 0 Å². The molecule has 1 unspecified atom stereocenters. The molecule has 1 aliphatic heterocycles. The Hall–Kier alpha value is -1.39. The van der Waals surface area contributed by atoms with Gasteiger partial charge in [0.25, 0.3) is 0 Å². The van der Waals surface area contributed by atoms with E-state index in [9.17, 15) is 4.79 Å². The number of nitrogens with zero attached hydrogens (tertiary/aromatic N) is 1. The van der Waals surface area contributed by atoms with Gasteiger partial charge in [0.2, 0.25) is 5.91 Å². The molecular formula is C18H28N2O2. The lowest BCUT2D eigenvalue weighted by Gasteiger charge is -2.40. The lowest BCUT2D eigenvalue weighted by molar-refractivity contribution is -0.129. The zero-order valence-corrected chi connectivity index (χ0v) is 14.6. The Morgan fingerprint density at radius 1 is 1.27 bits per heavy atom. The van der Waals surface area contributed by atoms with Crippen LogP contribution in [-0.2, 0) is 9.53 Å². The average Bonchev–Trinajstić information content (AvgIpc) is 2.40. The van der Waals surface area contributed by atoms with Gasteiger partial charge in [-0.1, -0.05) is 17.7 Å². The summed E-state index contributed by atoms with van der Waals surface area (Å²) in [5.41, 5.74) is 4.19. The molecule has 1 heterocycles. The van der Waals surface area contributed by atoms with Crippen LogP contribution in [-0.4, -0.2) is 42.1 Å². The summed E-state index contributed by atoms with van der Waals surface area (Å²) in [7, 11) is 0. The molecule has 22 heavy (non-hydrogen) atoms. The summed E-state index contributed by atoms with van der Waals surface area (Å²) >= 11 is 0. The number of anilines is 1. The van der Waals surface area contributed by atoms with Crippen LogP contribution < -0.4 is 5.32 Å². The van der Waals surface area contributed by atoms with E-state index in [1.807, 2.05) is 20.8 Å². The predicted octanol–water partition coefficient (Wildman–Crippen LogP) is 3.05. The van der Waals surface area contributed by atoms with Crippen molar-refractivity contribution >= 4 is 11.6 Å². The molecule has 0 saturated carbocycles. The Morgan fingerprint density at radius 3 is 2.41 bits per heavy atom. The van der Waals surface area contributed by atoms with Crippen LogP contribution in [0.25, 0.3) is 0 Å². The van der Waals surface area contributed by atoms with Crippen LogP contribution in [0.5, 0.6) is 0 Å². The second-order valence-electron chi connectivity index (χ2n) is 7.02. The number of morpholine rings is 1. The molecule has 4 heteroatoms. The van der Waals surface area contributed by atoms with E-state index in [-0.39, 0.29) is 17.6 Å². The largest absolute Gasteiger partial charge is 0.373 e. The Bertz CT molecular complexity index is 543. The maximum Gasteiger partial charge on any atom is 0.241 e. The minimum absolute atomic E-state index is 0.0488. The van der Waals surface area contributed by atoms with Gasteiger partial charge < -0.3 is 10.1 Å². The number of ether oxygens (including phenoxy) is 1. The van der Waals surface area contributed by atoms with E-state index in [4.69, 9.17) is 4.74 Å². The monoisotopic (exact) mass is 304 g/mol. The lowest BCUT2D eigenvalue weighted by Crippen LogP contribution is -2.54. The Balaban J connectivity index is 2.09. The van der Waals surface area contributed by atoms with Gasteiger partial charge in [-0.2, -0.15) is 0 Å². The summed E-state index contributed by atoms with van der Waals surface area (Å²) in [5.74, 6) is 0.0488. The summed E-state index contributed by atoms with van der Waals surface area (Å²) in [4.78, 5) is 14.8. The third kappa shape index (κ3) is 3.87. The number of hydrogen-bond donors (Lipinski definition) is 1. The lowest BCUT2D eigenvalue weighted by atomic mass is 10.0. The second-order valence-corrected chi connectivity index (χ2v) is 7.02. The summed E-state index contributed by atoms with van der Waals surface area (Å²) in [5, 5.41) is 3.11. The number of hydrogen-bond acceptors (Lipinski definition) is 3. The minimum Gasteiger partial charge on any atom is -0.373 e. The highest BCUT2D eigenvalue weighted by Crippen LogP contribution is 2.23. The first kappa shape index (κ1) is 17.0. The molecule has 1 aromatic carbocycles. The number of rotatable bonds is 3. The van der Waals surface area contributed by atoms with E-state index in [0.29, 0.717) is 6.61 Å². The highest BCUT2D eigenvalue weighted by Gasteiger charge is 2.32. The van der Waals surface area contributed by atoms with Crippen molar-refractivity contribution in [1.82, 2.24) is 4.90 Å². The van der Waals surface area contributed by atoms with Crippen molar-refractivity contribution in [3.05, 3.63) is 28.8 Å². The SMILES string of the molecule is Cc1cc(C)c(NC(=O)C(C)N2CCOC(C)(C)C2)c(C)c1. The number of carbonyl (C=O) groups is 1. The first-order chi connectivity index (χ1) is 10.2. The fraction of sp³-hybridized carbons (Fsp3) is 0.611. The van der Waals surface area contributed by atoms with E-state index in [0.717, 1.165) is 29.9 Å². The zero-order chi connectivity index (χ0) is 16.5. The van der Waals surface area contributed by atoms with Gasteiger partial charge in [0.15, 0.2) is 0 Å². The van der Waals surface area contributed by atoms with Crippen molar-refractivity contribution in [2.24, 2.45) is 0 Å². The Morgan fingerprint density at radius 2 is 1.86 bits per heavy atom. The van der Waals surface area contributed by atoms with E-state index in [1.165, 1.54) is 5.56 Å². The first-order valence-electron chi connectivity index (χ1n) is 7.96. The van der Waals surface area contributed by atoms with Crippen LogP contribution in [0.3, 0.4) is 0 Å². The molecule has 1 atom stereocenters. The number of nitrogens with one attached hydrogen (secondary N) is 1. The molecule has 1 aromatic rings. The van der Waals surface area contributed by atoms with Gasteiger partial charge in [-0.3, -0.25) is 9.69 Å². The normalized spacial score (nSPS) is 19.7. The fourth-order valence-corrected chi connectivity index (χ4v) is 3.15. The van der Waals surface area contributed by atoms with Crippen molar-refractivity contribution in [1.29, 1.82) is 0 Å². The predicted molar refractivity (Wildman–Crippen MR) is 90.3 cm³/mol. The highest BCUT2D eigenvalue weighted by atomic mass is 16.5. The molecule has 0 bridgehead atoms. The van der Waals surface area contributed by atoms with Gasteiger partial charge in [-0.15, -0.1) is 0 Å². The minimum atomic E-state index is -0.192. The molecule has 122 valence electrons. The molecule has 0 spiro atoms. The van der Waals surface area contributed by atoms with Crippen LogP contribution in [0.1, 0.15) is 37.5 Å². The highest BCUT2D eigenvalue weighted by molar-refractivity contribution is 5.96. The van der Waals surface area contributed by atoms with Gasteiger partial charge in [0.05, 0.1) is 18.2 Å². The van der Waals surface area contributed by atoms with Crippen LogP contribution >= 0.6 is 0 Å². The molecule has 1 fully saturated rings. The molecular weight excluding hydrogens is 276 g/mol. The first-order valence-corrected chi connectivity index (χ1v) is 7.96. The number of carbonyl (C=O) groups excluding carboxylic acids is 1. The maximum atomic E-state index is 12.6. The topological polar surface area (TPSA) is 41.6 Å². The number of benzene rings is 1. The summed E-state index contributed by atoms with van der Waals surface area (Å²) in [6.07, 6.45) is 0. The van der Waals surface area contributed by atoms with Gasteiger partial charge in [-0.05, 0) is 52.7 Å². The zero-order valence-electron chi connectivity index (χ0n) is 14.6. The number of aryl methyl sites for hydroxylation is 3. The fourth-order valence-electron chi connectivity index (χ4n) is 3.15. The van der Waals surface area contributed by atoms with Crippen molar-refractivity contribution in [3.8, 4) is 0 Å². The van der Waals surface area contributed by atoms with E-state index >= 15 is 0 Å². The number of amides is 1. The van der Waals surface area contributed by atoms with E-state index in [2.05, 4.69) is 43.1 Å². The smallest absolute Gasteiger partial charge is 0.241 e. The van der Waals surface area contributed by atoms with Crippen molar-refractivity contribution in [2.75, 3.05) is 25.0 Å². The summed E-state index contributed by atoms with van der Waals surface area (Å²) in [6, 6.07) is 4.04. The van der Waals surface area contributed by atoms with Crippen molar-refractivity contribution in [2.45, 2.75) is 53.2 Å². The van der Waals surface area contributed by atoms with Crippen molar-refractivity contribution < 1.29 is 9.53 Å². The van der Waals surface area contributed by atoms with Crippen LogP contribution in [0, 0.1) is 20.8 Å². The molecule has 4 nitrogen and oxygen atoms in total. The van der Waals surface area contributed by atoms with Crippen LogP contribution in [0.4, 0.5) is 5.69 Å². The summed E-state index contributed by atoms with van der Waals surface area (Å²) < 4.78 is 5.72. The van der Waals surface area contributed by atoms with Gasteiger partial charge in [-0.25, -0.2) is 0 Å². The molecule has 1 saturated heterocycles. The van der Waals surface area contributed by atoms with Gasteiger partial charge in [0.1, 0.15) is 0 Å². The standard InChI is InChI=1S/C18H28N2O2/c1-12-9-13(2)16(14(3)10-12)19-17(21)15(4)20-7-8-22-18(5,6)11-20/h9-10,15H,7-8,11H2,1-6H3,(H,19,21). The molecule has 1 amide bonds. The Kier molecular flexibility index (Phi) is 4.93.